The van der Waals surface area contributed by atoms with Crippen molar-refractivity contribution in [3.05, 3.63) is 134 Å². The van der Waals surface area contributed by atoms with Crippen LogP contribution in [0.1, 0.15) is 62.5 Å². The van der Waals surface area contributed by atoms with Gasteiger partial charge in [-0.25, -0.2) is 9.59 Å². The number of carbonyl (C=O) groups excluding carboxylic acids is 1. The van der Waals surface area contributed by atoms with Crippen LogP contribution in [0.25, 0.3) is 22.0 Å². The van der Waals surface area contributed by atoms with Gasteiger partial charge in [0.1, 0.15) is 5.60 Å². The zero-order chi connectivity index (χ0) is 32.5. The van der Waals surface area contributed by atoms with Crippen molar-refractivity contribution in [1.82, 2.24) is 4.57 Å². The number of carbonyl (C=O) groups is 2. The molecule has 0 unspecified atom stereocenters. The fourth-order valence-corrected chi connectivity index (χ4v) is 5.86. The number of aryl methyl sites for hydroxylation is 1. The molecule has 5 aromatic rings. The molecule has 0 atom stereocenters. The standard InChI is InChI=1S/C36H35N3O6/c1-22-23(2)38(32-17-16-26(34(40)41)18-31(22)32)21-24-12-14-25(15-13-24)29-10-5-6-11-30(29)35(42)45-36(3,4)19-27-8-7-9-28(20-37)33(27)39(43)44/h5-18H,19-21,37H2,1-4H3,(H,40,41). The molecule has 0 aliphatic rings. The molecule has 0 saturated heterocycles. The minimum Gasteiger partial charge on any atom is -0.478 e. The Bertz CT molecular complexity index is 1940. The van der Waals surface area contributed by atoms with Crippen LogP contribution in [-0.2, 0) is 24.2 Å². The summed E-state index contributed by atoms with van der Waals surface area (Å²) < 4.78 is 8.12. The summed E-state index contributed by atoms with van der Waals surface area (Å²) in [6.45, 7) is 8.12. The van der Waals surface area contributed by atoms with Crippen LogP contribution in [0.3, 0.4) is 0 Å². The summed E-state index contributed by atoms with van der Waals surface area (Å²) >= 11 is 0. The normalized spacial score (nSPS) is 11.5. The zero-order valence-corrected chi connectivity index (χ0v) is 25.7. The van der Waals surface area contributed by atoms with Gasteiger partial charge in [-0.15, -0.1) is 0 Å². The molecule has 0 aliphatic heterocycles. The third kappa shape index (κ3) is 6.34. The summed E-state index contributed by atoms with van der Waals surface area (Å²) in [7, 11) is 0. The second-order valence-corrected chi connectivity index (χ2v) is 11.8. The topological polar surface area (TPSA) is 138 Å². The molecule has 4 aromatic carbocycles. The molecular weight excluding hydrogens is 570 g/mol. The molecular formula is C36H35N3O6. The van der Waals surface area contributed by atoms with E-state index in [1.54, 1.807) is 56.3 Å². The lowest BCUT2D eigenvalue weighted by Gasteiger charge is -2.26. The second kappa shape index (κ2) is 12.4. The van der Waals surface area contributed by atoms with Gasteiger partial charge in [0, 0.05) is 47.2 Å². The number of benzene rings is 4. The number of carboxylic acids is 1. The number of para-hydroxylation sites is 1. The Balaban J connectivity index is 1.37. The Morgan fingerprint density at radius 2 is 1.64 bits per heavy atom. The molecule has 1 heterocycles. The van der Waals surface area contributed by atoms with Gasteiger partial charge in [-0.2, -0.15) is 0 Å². The molecule has 45 heavy (non-hydrogen) atoms. The van der Waals surface area contributed by atoms with E-state index in [0.717, 1.165) is 33.3 Å². The van der Waals surface area contributed by atoms with Crippen LogP contribution in [0.4, 0.5) is 5.69 Å². The lowest BCUT2D eigenvalue weighted by atomic mass is 9.94. The maximum absolute atomic E-state index is 13.5. The maximum atomic E-state index is 13.5. The summed E-state index contributed by atoms with van der Waals surface area (Å²) in [5.74, 6) is -1.48. The fourth-order valence-electron chi connectivity index (χ4n) is 5.86. The van der Waals surface area contributed by atoms with Crippen LogP contribution >= 0.6 is 0 Å². The minimum absolute atomic E-state index is 0.0332. The van der Waals surface area contributed by atoms with E-state index in [0.29, 0.717) is 28.8 Å². The van der Waals surface area contributed by atoms with E-state index < -0.39 is 22.5 Å². The number of nitro benzene ring substituents is 1. The first-order chi connectivity index (χ1) is 21.4. The van der Waals surface area contributed by atoms with Crippen molar-refractivity contribution in [3.8, 4) is 11.1 Å². The molecule has 0 aliphatic carbocycles. The first-order valence-electron chi connectivity index (χ1n) is 14.6. The van der Waals surface area contributed by atoms with Crippen molar-refractivity contribution in [2.45, 2.75) is 52.8 Å². The molecule has 9 heteroatoms. The quantitative estimate of drug-likeness (QED) is 0.0974. The number of carboxylic acid groups (broad SMARTS) is 1. The van der Waals surface area contributed by atoms with E-state index in [2.05, 4.69) is 4.57 Å². The van der Waals surface area contributed by atoms with E-state index >= 15 is 0 Å². The SMILES string of the molecule is Cc1c(C)n(Cc2ccc(-c3ccccc3C(=O)OC(C)(C)Cc3cccc(CN)c3[N+](=O)[O-])cc2)c2ccc(C(=O)O)cc12. The lowest BCUT2D eigenvalue weighted by molar-refractivity contribution is -0.386. The highest BCUT2D eigenvalue weighted by Gasteiger charge is 2.30. The number of nitrogens with two attached hydrogens (primary N) is 1. The van der Waals surface area contributed by atoms with Crippen LogP contribution in [0.2, 0.25) is 0 Å². The average molecular weight is 606 g/mol. The van der Waals surface area contributed by atoms with Gasteiger partial charge in [-0.1, -0.05) is 60.7 Å². The number of rotatable bonds is 10. The number of aromatic carboxylic acids is 1. The summed E-state index contributed by atoms with van der Waals surface area (Å²) in [5, 5.41) is 22.1. The van der Waals surface area contributed by atoms with Crippen LogP contribution in [-0.4, -0.2) is 32.1 Å². The molecule has 0 fully saturated rings. The number of hydrogen-bond donors (Lipinski definition) is 2. The summed E-state index contributed by atoms with van der Waals surface area (Å²) in [5.41, 5.74) is 11.8. The van der Waals surface area contributed by atoms with E-state index in [-0.39, 0.29) is 24.2 Å². The van der Waals surface area contributed by atoms with E-state index in [1.165, 1.54) is 0 Å². The summed E-state index contributed by atoms with van der Waals surface area (Å²) in [4.78, 5) is 36.3. The largest absolute Gasteiger partial charge is 0.478 e. The van der Waals surface area contributed by atoms with E-state index in [4.69, 9.17) is 10.5 Å². The minimum atomic E-state index is -1.03. The van der Waals surface area contributed by atoms with Crippen molar-refractivity contribution >= 4 is 28.5 Å². The predicted octanol–water partition coefficient (Wildman–Crippen LogP) is 7.22. The summed E-state index contributed by atoms with van der Waals surface area (Å²) in [6, 6.07) is 25.4. The van der Waals surface area contributed by atoms with E-state index in [1.807, 2.05) is 56.3 Å². The van der Waals surface area contributed by atoms with Gasteiger partial charge in [0.15, 0.2) is 0 Å². The smallest absolute Gasteiger partial charge is 0.339 e. The third-order valence-corrected chi connectivity index (χ3v) is 8.23. The highest BCUT2D eigenvalue weighted by Crippen LogP contribution is 2.32. The Morgan fingerprint density at radius 3 is 2.31 bits per heavy atom. The first kappa shape index (κ1) is 31.2. The van der Waals surface area contributed by atoms with Gasteiger partial charge in [0.25, 0.3) is 5.69 Å². The van der Waals surface area contributed by atoms with Gasteiger partial charge in [-0.05, 0) is 74.2 Å². The number of hydrogen-bond acceptors (Lipinski definition) is 6. The van der Waals surface area contributed by atoms with Gasteiger partial charge in [0.2, 0.25) is 0 Å². The number of esters is 1. The monoisotopic (exact) mass is 605 g/mol. The molecule has 0 spiro atoms. The number of nitro groups is 1. The lowest BCUT2D eigenvalue weighted by Crippen LogP contribution is -2.31. The van der Waals surface area contributed by atoms with Gasteiger partial charge < -0.3 is 20.1 Å². The molecule has 3 N–H and O–H groups in total. The average Bonchev–Trinajstić information content (AvgIpc) is 3.24. The maximum Gasteiger partial charge on any atom is 0.339 e. The van der Waals surface area contributed by atoms with Gasteiger partial charge in [-0.3, -0.25) is 10.1 Å². The third-order valence-electron chi connectivity index (χ3n) is 8.23. The molecule has 5 rings (SSSR count). The van der Waals surface area contributed by atoms with Crippen molar-refractivity contribution in [2.24, 2.45) is 5.73 Å². The number of ether oxygens (including phenoxy) is 1. The van der Waals surface area contributed by atoms with Crippen LogP contribution in [0.5, 0.6) is 0 Å². The van der Waals surface area contributed by atoms with Crippen LogP contribution in [0, 0.1) is 24.0 Å². The number of fused-ring (bicyclic) bond motifs is 1. The first-order valence-corrected chi connectivity index (χ1v) is 14.6. The number of nitrogens with zero attached hydrogens (tertiary/aromatic N) is 2. The van der Waals surface area contributed by atoms with Crippen molar-refractivity contribution in [1.29, 1.82) is 0 Å². The highest BCUT2D eigenvalue weighted by atomic mass is 16.6. The van der Waals surface area contributed by atoms with Crippen LogP contribution in [0.15, 0.2) is 84.9 Å². The molecule has 0 bridgehead atoms. The molecule has 0 radical (unpaired) electrons. The van der Waals surface area contributed by atoms with Gasteiger partial charge >= 0.3 is 11.9 Å². The van der Waals surface area contributed by atoms with Crippen molar-refractivity contribution < 1.29 is 24.4 Å². The highest BCUT2D eigenvalue weighted by molar-refractivity contribution is 5.98. The fraction of sp³-hybridized carbons (Fsp3) is 0.222. The van der Waals surface area contributed by atoms with Crippen molar-refractivity contribution in [2.75, 3.05) is 0 Å². The molecule has 9 nitrogen and oxygen atoms in total. The molecule has 0 amide bonds. The van der Waals surface area contributed by atoms with Crippen LogP contribution < -0.4 is 5.73 Å². The zero-order valence-electron chi connectivity index (χ0n) is 25.7. The Kier molecular flexibility index (Phi) is 8.57. The molecule has 230 valence electrons. The predicted molar refractivity (Wildman–Crippen MR) is 174 cm³/mol. The number of aromatic nitrogens is 1. The Hall–Kier alpha value is -5.28. The summed E-state index contributed by atoms with van der Waals surface area (Å²) in [6.07, 6.45) is 0.143. The van der Waals surface area contributed by atoms with E-state index in [9.17, 15) is 24.8 Å². The van der Waals surface area contributed by atoms with Gasteiger partial charge in [0.05, 0.1) is 16.1 Å². The Morgan fingerprint density at radius 1 is 0.956 bits per heavy atom. The van der Waals surface area contributed by atoms with Crippen molar-refractivity contribution in [3.63, 3.8) is 0 Å². The molecule has 1 aromatic heterocycles. The second-order valence-electron chi connectivity index (χ2n) is 11.8. The Labute approximate surface area is 261 Å². The molecule has 0 saturated carbocycles.